The Balaban J connectivity index is 1.75. The second-order valence-electron chi connectivity index (χ2n) is 6.65. The van der Waals surface area contributed by atoms with Gasteiger partial charge in [-0.1, -0.05) is 47.2 Å². The number of methoxy groups -OCH3 is 3. The molecule has 0 aliphatic carbocycles. The van der Waals surface area contributed by atoms with Crippen LogP contribution in [0.5, 0.6) is 23.0 Å². The number of phenolic OH excluding ortho intramolecular Hbond substituents is 1. The highest BCUT2D eigenvalue weighted by molar-refractivity contribution is 8.26. The number of hydrazine groups is 1. The van der Waals surface area contributed by atoms with Crippen LogP contribution in [-0.2, 0) is 9.59 Å². The maximum atomic E-state index is 12.9. The smallest absolute Gasteiger partial charge is 0.285 e. The summed E-state index contributed by atoms with van der Waals surface area (Å²) >= 11 is 23.2. The van der Waals surface area contributed by atoms with Gasteiger partial charge in [0.2, 0.25) is 5.75 Å². The second-order valence-corrected chi connectivity index (χ2v) is 9.58. The average molecular weight is 574 g/mol. The lowest BCUT2D eigenvalue weighted by Gasteiger charge is -2.18. The number of halogens is 2. The summed E-state index contributed by atoms with van der Waals surface area (Å²) in [6, 6.07) is 5.85. The van der Waals surface area contributed by atoms with E-state index in [-0.39, 0.29) is 35.6 Å². The summed E-state index contributed by atoms with van der Waals surface area (Å²) in [6.07, 6.45) is 1.38. The van der Waals surface area contributed by atoms with E-state index in [0.717, 1.165) is 16.8 Å². The molecule has 184 valence electrons. The number of rotatable bonds is 6. The highest BCUT2D eigenvalue weighted by Gasteiger charge is 2.34. The van der Waals surface area contributed by atoms with E-state index >= 15 is 0 Å². The lowest BCUT2D eigenvalue weighted by atomic mass is 10.2. The molecule has 0 bridgehead atoms. The first kappa shape index (κ1) is 26.8. The summed E-state index contributed by atoms with van der Waals surface area (Å²) in [5, 5.41) is 14.0. The summed E-state index contributed by atoms with van der Waals surface area (Å²) in [5.74, 6) is -0.537. The Morgan fingerprint density at radius 2 is 1.74 bits per heavy atom. The van der Waals surface area contributed by atoms with Crippen LogP contribution in [-0.4, -0.2) is 52.6 Å². The first-order chi connectivity index (χ1) is 16.6. The molecule has 2 aromatic rings. The third kappa shape index (κ3) is 5.90. The Kier molecular flexibility index (Phi) is 8.67. The van der Waals surface area contributed by atoms with Crippen LogP contribution in [0.15, 0.2) is 29.2 Å². The molecular weight excluding hydrogens is 557 g/mol. The Bertz CT molecular complexity index is 1250. The van der Waals surface area contributed by atoms with Gasteiger partial charge in [0.1, 0.15) is 5.75 Å². The molecule has 2 aromatic carbocycles. The fraction of sp³-hybridized carbons (Fsp3) is 0.143. The van der Waals surface area contributed by atoms with Gasteiger partial charge in [0.25, 0.3) is 11.8 Å². The Hall–Kier alpha value is -2.77. The highest BCUT2D eigenvalue weighted by Crippen LogP contribution is 2.40. The zero-order chi connectivity index (χ0) is 25.9. The number of carbonyl (C=O) groups excluding carboxylic acids is 2. The predicted molar refractivity (Wildman–Crippen MR) is 144 cm³/mol. The number of benzene rings is 2. The maximum absolute atomic E-state index is 12.9. The molecule has 3 rings (SSSR count). The van der Waals surface area contributed by atoms with Crippen molar-refractivity contribution < 1.29 is 28.9 Å². The summed E-state index contributed by atoms with van der Waals surface area (Å²) in [5.41, 5.74) is 3.07. The molecule has 2 amide bonds. The summed E-state index contributed by atoms with van der Waals surface area (Å²) in [7, 11) is 4.33. The van der Waals surface area contributed by atoms with E-state index < -0.39 is 11.8 Å². The van der Waals surface area contributed by atoms with Crippen LogP contribution in [0.3, 0.4) is 0 Å². The van der Waals surface area contributed by atoms with E-state index in [9.17, 15) is 14.7 Å². The number of hydrogen-bond acceptors (Lipinski definition) is 9. The molecule has 1 heterocycles. The molecule has 0 atom stereocenters. The maximum Gasteiger partial charge on any atom is 0.285 e. The highest BCUT2D eigenvalue weighted by atomic mass is 35.5. The number of thioether (sulfide) groups is 1. The number of nitrogens with one attached hydrogen (secondary N) is 2. The standard InChI is InChI=1S/C21H17Cl2N3O6S3/c1-30-13-7-11(8-14(31-2)17(13)32-3)24-18(28)19(33)25-26-20(29)15(35-21(26)34)5-9-4-10(22)6-12(23)16(9)27/h4-8,27H,1-3H3,(H,24,28)(H,25,33)/b15-5+. The number of nitrogens with zero attached hydrogens (tertiary/aromatic N) is 1. The number of hydrogen-bond donors (Lipinski definition) is 3. The van der Waals surface area contributed by atoms with Gasteiger partial charge in [-0.05, 0) is 30.4 Å². The van der Waals surface area contributed by atoms with Gasteiger partial charge in [-0.2, -0.15) is 5.01 Å². The Labute approximate surface area is 225 Å². The number of thiocarbonyl (C=S) groups is 2. The minimum absolute atomic E-state index is 0.0296. The molecule has 9 nitrogen and oxygen atoms in total. The Morgan fingerprint density at radius 1 is 1.11 bits per heavy atom. The van der Waals surface area contributed by atoms with Crippen molar-refractivity contribution in [1.29, 1.82) is 0 Å². The number of anilines is 1. The molecule has 3 N–H and O–H groups in total. The van der Waals surface area contributed by atoms with Gasteiger partial charge in [0.15, 0.2) is 20.8 Å². The molecule has 1 aliphatic heterocycles. The van der Waals surface area contributed by atoms with Crippen molar-refractivity contribution in [2.24, 2.45) is 0 Å². The van der Waals surface area contributed by atoms with E-state index in [2.05, 4.69) is 10.7 Å². The summed E-state index contributed by atoms with van der Waals surface area (Å²) in [6.45, 7) is 0. The number of carbonyl (C=O) groups is 2. The van der Waals surface area contributed by atoms with Crippen molar-refractivity contribution in [3.63, 3.8) is 0 Å². The first-order valence-corrected chi connectivity index (χ1v) is 11.9. The van der Waals surface area contributed by atoms with E-state index in [0.29, 0.717) is 22.9 Å². The minimum Gasteiger partial charge on any atom is -0.506 e. The number of ether oxygens (including phenoxy) is 3. The average Bonchev–Trinajstić information content (AvgIpc) is 3.08. The third-order valence-electron chi connectivity index (χ3n) is 4.48. The molecular formula is C21H17Cl2N3O6S3. The number of phenols is 1. The first-order valence-electron chi connectivity index (χ1n) is 9.47. The third-order valence-corrected chi connectivity index (χ3v) is 6.57. The zero-order valence-corrected chi connectivity index (χ0v) is 22.3. The van der Waals surface area contributed by atoms with Crippen molar-refractivity contribution >= 4 is 92.3 Å². The van der Waals surface area contributed by atoms with Gasteiger partial charge in [-0.25, -0.2) is 0 Å². The van der Waals surface area contributed by atoms with Crippen LogP contribution in [0.2, 0.25) is 10.0 Å². The summed E-state index contributed by atoms with van der Waals surface area (Å²) in [4.78, 5) is 25.4. The normalized spacial score (nSPS) is 14.2. The largest absolute Gasteiger partial charge is 0.506 e. The van der Waals surface area contributed by atoms with Crippen molar-refractivity contribution in [2.75, 3.05) is 26.6 Å². The fourth-order valence-corrected chi connectivity index (χ4v) is 4.72. The lowest BCUT2D eigenvalue weighted by molar-refractivity contribution is -0.123. The quantitative estimate of drug-likeness (QED) is 0.340. The van der Waals surface area contributed by atoms with Crippen LogP contribution < -0.4 is 25.0 Å². The van der Waals surface area contributed by atoms with Gasteiger partial charge >= 0.3 is 0 Å². The van der Waals surface area contributed by atoms with E-state index in [4.69, 9.17) is 61.8 Å². The zero-order valence-electron chi connectivity index (χ0n) is 18.3. The number of amides is 2. The molecule has 0 aromatic heterocycles. The molecule has 35 heavy (non-hydrogen) atoms. The fourth-order valence-electron chi connectivity index (χ4n) is 2.89. The van der Waals surface area contributed by atoms with Gasteiger partial charge < -0.3 is 24.6 Å². The second kappa shape index (κ2) is 11.3. The minimum atomic E-state index is -0.716. The number of aromatic hydroxyl groups is 1. The van der Waals surface area contributed by atoms with E-state index in [1.54, 1.807) is 0 Å². The Morgan fingerprint density at radius 3 is 2.31 bits per heavy atom. The van der Waals surface area contributed by atoms with Crippen LogP contribution in [0, 0.1) is 0 Å². The van der Waals surface area contributed by atoms with Gasteiger partial charge in [0, 0.05) is 28.4 Å². The van der Waals surface area contributed by atoms with Crippen molar-refractivity contribution in [3.8, 4) is 23.0 Å². The lowest BCUT2D eigenvalue weighted by Crippen LogP contribution is -2.48. The molecule has 0 radical (unpaired) electrons. The molecule has 1 fully saturated rings. The van der Waals surface area contributed by atoms with Crippen LogP contribution in [0.4, 0.5) is 5.69 Å². The topological polar surface area (TPSA) is 109 Å². The van der Waals surface area contributed by atoms with Crippen LogP contribution in [0.1, 0.15) is 5.56 Å². The molecule has 0 saturated carbocycles. The van der Waals surface area contributed by atoms with Crippen LogP contribution in [0.25, 0.3) is 6.08 Å². The van der Waals surface area contributed by atoms with Gasteiger partial charge in [0.05, 0.1) is 31.3 Å². The molecule has 1 saturated heterocycles. The predicted octanol–water partition coefficient (Wildman–Crippen LogP) is 4.40. The van der Waals surface area contributed by atoms with Crippen molar-refractivity contribution in [2.45, 2.75) is 0 Å². The van der Waals surface area contributed by atoms with Gasteiger partial charge in [-0.3, -0.25) is 15.0 Å². The van der Waals surface area contributed by atoms with Gasteiger partial charge in [-0.15, -0.1) is 0 Å². The van der Waals surface area contributed by atoms with E-state index in [1.807, 2.05) is 0 Å². The molecule has 1 aliphatic rings. The van der Waals surface area contributed by atoms with Crippen molar-refractivity contribution in [3.05, 3.63) is 44.8 Å². The summed E-state index contributed by atoms with van der Waals surface area (Å²) < 4.78 is 15.9. The molecule has 0 unspecified atom stereocenters. The molecule has 14 heteroatoms. The van der Waals surface area contributed by atoms with Crippen LogP contribution >= 0.6 is 59.4 Å². The monoisotopic (exact) mass is 573 g/mol. The van der Waals surface area contributed by atoms with Crippen molar-refractivity contribution in [1.82, 2.24) is 10.4 Å². The van der Waals surface area contributed by atoms with E-state index in [1.165, 1.54) is 51.7 Å². The SMILES string of the molecule is COc1cc(NC(=O)C(=S)NN2C(=O)/C(=C\c3cc(Cl)cc(Cl)c3O)SC2=S)cc(OC)c1OC. The molecule has 0 spiro atoms.